The molecule has 0 spiro atoms. The first-order valence-electron chi connectivity index (χ1n) is 15.5. The van der Waals surface area contributed by atoms with Crippen LogP contribution in [-0.2, 0) is 37.1 Å². The number of amides is 2. The van der Waals surface area contributed by atoms with Crippen LogP contribution in [0.2, 0.25) is 10.0 Å². The average molecular weight is 775 g/mol. The fourth-order valence-electron chi connectivity index (χ4n) is 4.90. The predicted molar refractivity (Wildman–Crippen MR) is 181 cm³/mol. The number of aromatic nitrogens is 1. The number of carbonyl (C=O) groups is 3. The lowest BCUT2D eigenvalue weighted by Gasteiger charge is -2.21. The van der Waals surface area contributed by atoms with Gasteiger partial charge < -0.3 is 30.0 Å². The topological polar surface area (TPSA) is 186 Å². The summed E-state index contributed by atoms with van der Waals surface area (Å²) in [6, 6.07) is 8.53. The predicted octanol–water partition coefficient (Wildman–Crippen LogP) is 3.80. The van der Waals surface area contributed by atoms with E-state index in [2.05, 4.69) is 20.4 Å². The minimum absolute atomic E-state index is 0.0256. The second kappa shape index (κ2) is 17.8. The number of pyridine rings is 1. The number of methoxy groups -OCH3 is 1. The molecule has 1 heterocycles. The zero-order valence-electron chi connectivity index (χ0n) is 27.5. The second-order valence-electron chi connectivity index (χ2n) is 11.7. The number of halogens is 4. The minimum atomic E-state index is -3.71. The number of nitrogens with one attached hydrogen (secondary N) is 3. The van der Waals surface area contributed by atoms with Gasteiger partial charge in [-0.15, -0.1) is 0 Å². The standard InChI is InChI=1S/C33H36Cl2F2N4O9S/c1-47-25-7-6-20(9-21(25)13-40-30(12-29(38)42)51(2,45)46)32(44)41-16-31(43)49-27(11-22-23(34)14-39-15-24(22)35)19-5-8-26(50-33(36)37)28(10-19)48-17-18-3-4-18/h5-10,14-15,18,27,30,33,40H,3-4,11-13,16-17H2,1-2H3,(H2,38,42)(H,41,44)/p+1/t27-,30?/m0/s1. The summed E-state index contributed by atoms with van der Waals surface area (Å²) in [5, 5.41) is 4.47. The molecular weight excluding hydrogens is 737 g/mol. The van der Waals surface area contributed by atoms with Gasteiger partial charge in [-0.3, -0.25) is 19.7 Å². The van der Waals surface area contributed by atoms with Gasteiger partial charge in [-0.2, -0.15) is 8.78 Å². The van der Waals surface area contributed by atoms with Crippen molar-refractivity contribution in [2.75, 3.05) is 26.5 Å². The van der Waals surface area contributed by atoms with E-state index in [9.17, 15) is 31.6 Å². The van der Waals surface area contributed by atoms with Crippen LogP contribution in [0.3, 0.4) is 0 Å². The second-order valence-corrected chi connectivity index (χ2v) is 14.8. The summed E-state index contributed by atoms with van der Waals surface area (Å²) in [5.74, 6) is -1.87. The Morgan fingerprint density at radius 1 is 1.04 bits per heavy atom. The van der Waals surface area contributed by atoms with Gasteiger partial charge in [-0.25, -0.2) is 13.4 Å². The highest BCUT2D eigenvalue weighted by Gasteiger charge is 2.27. The number of hydrogen-bond acceptors (Lipinski definition) is 10. The number of carbonyl (C=O) groups excluding carboxylic acids is 3. The van der Waals surface area contributed by atoms with Crippen LogP contribution in [0.4, 0.5) is 8.78 Å². The molecule has 2 aromatic carbocycles. The molecule has 0 aliphatic heterocycles. The Hall–Kier alpha value is -4.25. The minimum Gasteiger partial charge on any atom is -0.496 e. The molecule has 1 aromatic heterocycles. The SMILES string of the molecule is COc1ccc(C(=O)NCC(=O)O[C@@H](Cc2c(Cl)c[nH+]cc2Cl)c2ccc(OC(F)F)c(OCC3CC3)c2)cc1CNC(CC(N)=O)S(C)(=O)=O. The number of esters is 1. The molecule has 1 unspecified atom stereocenters. The first-order chi connectivity index (χ1) is 24.1. The number of rotatable bonds is 19. The van der Waals surface area contributed by atoms with E-state index < -0.39 is 58.7 Å². The molecule has 1 saturated carbocycles. The van der Waals surface area contributed by atoms with E-state index >= 15 is 0 Å². The van der Waals surface area contributed by atoms with E-state index in [4.69, 9.17) is 43.1 Å². The first-order valence-corrected chi connectivity index (χ1v) is 18.3. The summed E-state index contributed by atoms with van der Waals surface area (Å²) < 4.78 is 72.1. The number of sulfone groups is 1. The van der Waals surface area contributed by atoms with E-state index in [0.29, 0.717) is 35.0 Å². The van der Waals surface area contributed by atoms with Crippen molar-refractivity contribution in [1.29, 1.82) is 0 Å². The Balaban J connectivity index is 1.51. The third-order valence-corrected chi connectivity index (χ3v) is 9.79. The molecule has 1 fully saturated rings. The van der Waals surface area contributed by atoms with Crippen molar-refractivity contribution < 1.29 is 55.5 Å². The van der Waals surface area contributed by atoms with Crippen molar-refractivity contribution in [3.63, 3.8) is 0 Å². The Kier molecular flexibility index (Phi) is 13.8. The van der Waals surface area contributed by atoms with Crippen molar-refractivity contribution >= 4 is 50.8 Å². The van der Waals surface area contributed by atoms with Crippen molar-refractivity contribution in [1.82, 2.24) is 10.6 Å². The van der Waals surface area contributed by atoms with Gasteiger partial charge in [0.15, 0.2) is 33.7 Å². The lowest BCUT2D eigenvalue weighted by Crippen LogP contribution is -2.39. The van der Waals surface area contributed by atoms with Crippen LogP contribution < -0.4 is 35.6 Å². The normalized spacial score (nSPS) is 14.0. The molecule has 276 valence electrons. The van der Waals surface area contributed by atoms with Crippen LogP contribution in [0.15, 0.2) is 48.8 Å². The zero-order valence-corrected chi connectivity index (χ0v) is 29.9. The maximum absolute atomic E-state index is 13.2. The first kappa shape index (κ1) is 39.5. The van der Waals surface area contributed by atoms with E-state index in [1.165, 1.54) is 55.9 Å². The monoisotopic (exact) mass is 773 g/mol. The van der Waals surface area contributed by atoms with Gasteiger partial charge in [0.25, 0.3) is 5.91 Å². The van der Waals surface area contributed by atoms with Gasteiger partial charge in [-0.05, 0) is 54.7 Å². The summed E-state index contributed by atoms with van der Waals surface area (Å²) in [7, 11) is -2.32. The van der Waals surface area contributed by atoms with Crippen LogP contribution in [0, 0.1) is 5.92 Å². The quantitative estimate of drug-likeness (QED) is 0.151. The number of nitrogens with two attached hydrogens (primary N) is 1. The van der Waals surface area contributed by atoms with Crippen LogP contribution in [-0.4, -0.2) is 64.7 Å². The number of H-pyrrole nitrogens is 1. The molecule has 0 saturated heterocycles. The lowest BCUT2D eigenvalue weighted by atomic mass is 10.0. The molecular formula is C33H37Cl2F2N4O9S+. The van der Waals surface area contributed by atoms with Gasteiger partial charge in [0.1, 0.15) is 33.8 Å². The lowest BCUT2D eigenvalue weighted by molar-refractivity contribution is -0.377. The fourth-order valence-corrected chi connectivity index (χ4v) is 6.29. The number of aromatic amines is 1. The molecule has 2 amide bonds. The number of benzene rings is 2. The Bertz CT molecular complexity index is 1830. The van der Waals surface area contributed by atoms with Crippen LogP contribution >= 0.6 is 23.2 Å². The zero-order chi connectivity index (χ0) is 37.3. The van der Waals surface area contributed by atoms with Crippen molar-refractivity contribution in [2.24, 2.45) is 11.7 Å². The highest BCUT2D eigenvalue weighted by Crippen LogP contribution is 2.37. The third-order valence-electron chi connectivity index (χ3n) is 7.75. The summed E-state index contributed by atoms with van der Waals surface area (Å²) in [5.41, 5.74) is 6.48. The summed E-state index contributed by atoms with van der Waals surface area (Å²) in [6.45, 7) is -3.49. The molecule has 5 N–H and O–H groups in total. The highest BCUT2D eigenvalue weighted by atomic mass is 35.5. The molecule has 1 aliphatic carbocycles. The van der Waals surface area contributed by atoms with E-state index in [-0.39, 0.29) is 40.1 Å². The molecule has 51 heavy (non-hydrogen) atoms. The largest absolute Gasteiger partial charge is 0.496 e. The maximum atomic E-state index is 13.2. The van der Waals surface area contributed by atoms with Crippen LogP contribution in [0.5, 0.6) is 17.2 Å². The number of ether oxygens (including phenoxy) is 4. The van der Waals surface area contributed by atoms with Gasteiger partial charge in [0.2, 0.25) is 5.91 Å². The molecule has 0 radical (unpaired) electrons. The molecule has 3 aromatic rings. The molecule has 13 nitrogen and oxygen atoms in total. The number of hydrogen-bond donors (Lipinski definition) is 3. The van der Waals surface area contributed by atoms with E-state index in [1.807, 2.05) is 0 Å². The summed E-state index contributed by atoms with van der Waals surface area (Å²) >= 11 is 12.8. The van der Waals surface area contributed by atoms with E-state index in [1.54, 1.807) is 0 Å². The molecule has 4 rings (SSSR count). The van der Waals surface area contributed by atoms with E-state index in [0.717, 1.165) is 19.1 Å². The number of primary amides is 1. The fraction of sp³-hybridized carbons (Fsp3) is 0.394. The maximum Gasteiger partial charge on any atom is 0.387 e. The van der Waals surface area contributed by atoms with Crippen molar-refractivity contribution in [3.8, 4) is 17.2 Å². The Labute approximate surface area is 303 Å². The van der Waals surface area contributed by atoms with Crippen LogP contribution in [0.25, 0.3) is 0 Å². The molecule has 0 bridgehead atoms. The average Bonchev–Trinajstić information content (AvgIpc) is 3.90. The van der Waals surface area contributed by atoms with Gasteiger partial charge in [0, 0.05) is 35.9 Å². The highest BCUT2D eigenvalue weighted by molar-refractivity contribution is 7.91. The molecule has 1 aliphatic rings. The Morgan fingerprint density at radius 3 is 2.33 bits per heavy atom. The van der Waals surface area contributed by atoms with Gasteiger partial charge >= 0.3 is 12.6 Å². The molecule has 2 atom stereocenters. The Morgan fingerprint density at radius 2 is 1.73 bits per heavy atom. The van der Waals surface area contributed by atoms with Crippen LogP contribution in [0.1, 0.15) is 52.4 Å². The molecule has 18 heteroatoms. The number of alkyl halides is 2. The van der Waals surface area contributed by atoms with Gasteiger partial charge in [-0.1, -0.05) is 29.3 Å². The summed E-state index contributed by atoms with van der Waals surface area (Å²) in [6.07, 6.45) is 4.29. The summed E-state index contributed by atoms with van der Waals surface area (Å²) in [4.78, 5) is 40.5. The smallest absolute Gasteiger partial charge is 0.387 e. The van der Waals surface area contributed by atoms with Gasteiger partial charge in [0.05, 0.1) is 20.1 Å². The van der Waals surface area contributed by atoms with Crippen molar-refractivity contribution in [3.05, 3.63) is 81.1 Å². The van der Waals surface area contributed by atoms with Crippen molar-refractivity contribution in [2.45, 2.75) is 50.3 Å². The third kappa shape index (κ3) is 11.9.